The van der Waals surface area contributed by atoms with Crippen LogP contribution in [0.25, 0.3) is 0 Å². The maximum atomic E-state index is 12.8. The van der Waals surface area contributed by atoms with Crippen molar-refractivity contribution in [3.63, 3.8) is 0 Å². The van der Waals surface area contributed by atoms with Crippen molar-refractivity contribution >= 4 is 5.91 Å². The highest BCUT2D eigenvalue weighted by atomic mass is 19.4. The van der Waals surface area contributed by atoms with Crippen LogP contribution in [0.3, 0.4) is 0 Å². The van der Waals surface area contributed by atoms with Gasteiger partial charge in [-0.1, -0.05) is 24.3 Å². The van der Waals surface area contributed by atoms with E-state index in [1.807, 2.05) is 6.92 Å². The van der Waals surface area contributed by atoms with Gasteiger partial charge in [0.15, 0.2) is 0 Å². The van der Waals surface area contributed by atoms with Gasteiger partial charge in [-0.05, 0) is 25.0 Å². The Hall–Kier alpha value is -1.82. The zero-order valence-electron chi connectivity index (χ0n) is 13.9. The SMILES string of the molecule is C=CCN1CCN(C(C)Cc2cccc(C(F)(F)F)c2)CCC1=O. The molecule has 24 heavy (non-hydrogen) atoms. The van der Waals surface area contributed by atoms with Crippen molar-refractivity contribution in [3.8, 4) is 0 Å². The standard InChI is InChI=1S/C18H23F3N2O/c1-3-8-23-11-10-22(9-7-17(23)24)14(2)12-15-5-4-6-16(13-15)18(19,20)21/h3-6,13-14H,1,7-12H2,2H3. The molecule has 0 N–H and O–H groups in total. The van der Waals surface area contributed by atoms with E-state index in [4.69, 9.17) is 0 Å². The summed E-state index contributed by atoms with van der Waals surface area (Å²) < 4.78 is 38.4. The Morgan fingerprint density at radius 3 is 2.71 bits per heavy atom. The van der Waals surface area contributed by atoms with Crippen molar-refractivity contribution in [2.75, 3.05) is 26.2 Å². The van der Waals surface area contributed by atoms with Crippen LogP contribution in [0.15, 0.2) is 36.9 Å². The number of hydrogen-bond acceptors (Lipinski definition) is 2. The third kappa shape index (κ3) is 4.84. The number of nitrogens with zero attached hydrogens (tertiary/aromatic N) is 2. The lowest BCUT2D eigenvalue weighted by Crippen LogP contribution is -2.38. The molecule has 1 amide bonds. The number of rotatable bonds is 5. The summed E-state index contributed by atoms with van der Waals surface area (Å²) in [6.45, 7) is 8.17. The molecule has 1 fully saturated rings. The summed E-state index contributed by atoms with van der Waals surface area (Å²) in [6, 6.07) is 5.54. The van der Waals surface area contributed by atoms with Gasteiger partial charge in [0.05, 0.1) is 5.56 Å². The van der Waals surface area contributed by atoms with Gasteiger partial charge in [0.25, 0.3) is 0 Å². The van der Waals surface area contributed by atoms with Crippen LogP contribution in [-0.4, -0.2) is 47.9 Å². The van der Waals surface area contributed by atoms with Crippen molar-refractivity contribution in [1.82, 2.24) is 9.80 Å². The molecular weight excluding hydrogens is 317 g/mol. The molecule has 1 saturated heterocycles. The lowest BCUT2D eigenvalue weighted by atomic mass is 10.0. The van der Waals surface area contributed by atoms with Crippen molar-refractivity contribution < 1.29 is 18.0 Å². The third-order valence-corrected chi connectivity index (χ3v) is 4.38. The molecule has 1 atom stereocenters. The molecule has 6 heteroatoms. The van der Waals surface area contributed by atoms with Gasteiger partial charge < -0.3 is 4.90 Å². The summed E-state index contributed by atoms with van der Waals surface area (Å²) in [5, 5.41) is 0. The fourth-order valence-electron chi connectivity index (χ4n) is 3.02. The Kier molecular flexibility index (Phi) is 6.04. The second-order valence-electron chi connectivity index (χ2n) is 6.17. The number of alkyl halides is 3. The summed E-state index contributed by atoms with van der Waals surface area (Å²) >= 11 is 0. The topological polar surface area (TPSA) is 23.6 Å². The monoisotopic (exact) mass is 340 g/mol. The Morgan fingerprint density at radius 1 is 1.29 bits per heavy atom. The molecule has 1 aliphatic heterocycles. The maximum Gasteiger partial charge on any atom is 0.416 e. The van der Waals surface area contributed by atoms with Gasteiger partial charge in [-0.25, -0.2) is 0 Å². The second-order valence-corrected chi connectivity index (χ2v) is 6.17. The molecule has 1 aliphatic rings. The predicted molar refractivity (Wildman–Crippen MR) is 87.6 cm³/mol. The van der Waals surface area contributed by atoms with Crippen LogP contribution >= 0.6 is 0 Å². The van der Waals surface area contributed by atoms with E-state index in [0.29, 0.717) is 38.0 Å². The highest BCUT2D eigenvalue weighted by Gasteiger charge is 2.30. The van der Waals surface area contributed by atoms with E-state index in [-0.39, 0.29) is 11.9 Å². The number of carbonyl (C=O) groups is 1. The van der Waals surface area contributed by atoms with E-state index in [1.54, 1.807) is 17.0 Å². The number of benzene rings is 1. The van der Waals surface area contributed by atoms with Crippen LogP contribution < -0.4 is 0 Å². The quantitative estimate of drug-likeness (QED) is 0.768. The van der Waals surface area contributed by atoms with Crippen molar-refractivity contribution in [3.05, 3.63) is 48.0 Å². The fourth-order valence-corrected chi connectivity index (χ4v) is 3.02. The summed E-state index contributed by atoms with van der Waals surface area (Å²) in [5.41, 5.74) is 0.0475. The van der Waals surface area contributed by atoms with Crippen molar-refractivity contribution in [1.29, 1.82) is 0 Å². The average Bonchev–Trinajstić information content (AvgIpc) is 2.70. The fraction of sp³-hybridized carbons (Fsp3) is 0.500. The van der Waals surface area contributed by atoms with E-state index >= 15 is 0 Å². The van der Waals surface area contributed by atoms with Crippen LogP contribution in [0.2, 0.25) is 0 Å². The highest BCUT2D eigenvalue weighted by molar-refractivity contribution is 5.76. The van der Waals surface area contributed by atoms with Gasteiger partial charge >= 0.3 is 6.18 Å². The number of amides is 1. The zero-order chi connectivity index (χ0) is 17.7. The molecule has 2 rings (SSSR count). The van der Waals surface area contributed by atoms with Gasteiger partial charge in [0.2, 0.25) is 5.91 Å². The van der Waals surface area contributed by atoms with Crippen molar-refractivity contribution in [2.24, 2.45) is 0 Å². The zero-order valence-corrected chi connectivity index (χ0v) is 13.9. The van der Waals surface area contributed by atoms with E-state index in [1.165, 1.54) is 12.1 Å². The molecule has 3 nitrogen and oxygen atoms in total. The van der Waals surface area contributed by atoms with Gasteiger partial charge in [0, 0.05) is 38.6 Å². The summed E-state index contributed by atoms with van der Waals surface area (Å²) in [6.07, 6.45) is -1.65. The van der Waals surface area contributed by atoms with Crippen molar-refractivity contribution in [2.45, 2.75) is 32.0 Å². The van der Waals surface area contributed by atoms with Gasteiger partial charge in [0.1, 0.15) is 0 Å². The van der Waals surface area contributed by atoms with E-state index < -0.39 is 11.7 Å². The Balaban J connectivity index is 2.01. The normalized spacial score (nSPS) is 18.3. The predicted octanol–water partition coefficient (Wildman–Crippen LogP) is 3.36. The molecular formula is C18H23F3N2O. The Bertz CT molecular complexity index is 586. The lowest BCUT2D eigenvalue weighted by Gasteiger charge is -2.28. The molecule has 0 saturated carbocycles. The number of halogens is 3. The first kappa shape index (κ1) is 18.5. The summed E-state index contributed by atoms with van der Waals surface area (Å²) in [4.78, 5) is 15.9. The van der Waals surface area contributed by atoms with Crippen LogP contribution in [0.5, 0.6) is 0 Å². The van der Waals surface area contributed by atoms with Crippen LogP contribution in [0.1, 0.15) is 24.5 Å². The molecule has 0 spiro atoms. The smallest absolute Gasteiger partial charge is 0.338 e. The minimum atomic E-state index is -4.32. The van der Waals surface area contributed by atoms with E-state index in [0.717, 1.165) is 12.6 Å². The molecule has 1 aromatic rings. The minimum absolute atomic E-state index is 0.0740. The lowest BCUT2D eigenvalue weighted by molar-refractivity contribution is -0.137. The average molecular weight is 340 g/mol. The first-order valence-corrected chi connectivity index (χ1v) is 8.10. The molecule has 0 bridgehead atoms. The first-order chi connectivity index (χ1) is 11.3. The molecule has 0 radical (unpaired) electrons. The van der Waals surface area contributed by atoms with Crippen LogP contribution in [0.4, 0.5) is 13.2 Å². The maximum absolute atomic E-state index is 12.8. The summed E-state index contributed by atoms with van der Waals surface area (Å²) in [7, 11) is 0. The van der Waals surface area contributed by atoms with Gasteiger partial charge in [-0.15, -0.1) is 6.58 Å². The molecule has 0 aliphatic carbocycles. The molecule has 0 aromatic heterocycles. The molecule has 1 aromatic carbocycles. The molecule has 1 unspecified atom stereocenters. The molecule has 1 heterocycles. The number of hydrogen-bond donors (Lipinski definition) is 0. The largest absolute Gasteiger partial charge is 0.416 e. The number of carbonyl (C=O) groups excluding carboxylic acids is 1. The summed E-state index contributed by atoms with van der Waals surface area (Å²) in [5.74, 6) is 0.101. The van der Waals surface area contributed by atoms with Crippen LogP contribution in [0, 0.1) is 0 Å². The first-order valence-electron chi connectivity index (χ1n) is 8.10. The molecule has 132 valence electrons. The Labute approximate surface area is 140 Å². The second kappa shape index (κ2) is 7.83. The van der Waals surface area contributed by atoms with E-state index in [2.05, 4.69) is 11.5 Å². The van der Waals surface area contributed by atoms with E-state index in [9.17, 15) is 18.0 Å². The highest BCUT2D eigenvalue weighted by Crippen LogP contribution is 2.30. The minimum Gasteiger partial charge on any atom is -0.338 e. The Morgan fingerprint density at radius 2 is 2.04 bits per heavy atom. The van der Waals surface area contributed by atoms with Crippen LogP contribution in [-0.2, 0) is 17.4 Å². The third-order valence-electron chi connectivity index (χ3n) is 4.38. The van der Waals surface area contributed by atoms with Gasteiger partial charge in [-0.3, -0.25) is 9.69 Å². The van der Waals surface area contributed by atoms with Gasteiger partial charge in [-0.2, -0.15) is 13.2 Å².